The first-order valence-electron chi connectivity index (χ1n) is 11.0. The normalized spacial score (nSPS) is 11.1. The SMILES string of the molecule is CCc1noc(Cc2ccc(NC(=O)c3ccc4nc(C)n(-c5ccc(F)cc5)c4c3)cc2)n1. The maximum Gasteiger partial charge on any atom is 0.255 e. The van der Waals surface area contributed by atoms with E-state index in [4.69, 9.17) is 4.52 Å². The molecule has 5 aromatic rings. The van der Waals surface area contributed by atoms with Gasteiger partial charge < -0.3 is 9.84 Å². The Bertz CT molecular complexity index is 1470. The van der Waals surface area contributed by atoms with Crippen LogP contribution in [-0.4, -0.2) is 25.6 Å². The van der Waals surface area contributed by atoms with Gasteiger partial charge in [-0.1, -0.05) is 24.2 Å². The van der Waals surface area contributed by atoms with Crippen molar-refractivity contribution in [3.05, 3.63) is 101 Å². The zero-order valence-electron chi connectivity index (χ0n) is 18.7. The van der Waals surface area contributed by atoms with Gasteiger partial charge in [0.25, 0.3) is 5.91 Å². The van der Waals surface area contributed by atoms with E-state index in [0.29, 0.717) is 29.4 Å². The van der Waals surface area contributed by atoms with Crippen molar-refractivity contribution in [3.8, 4) is 5.69 Å². The fourth-order valence-corrected chi connectivity index (χ4v) is 3.84. The van der Waals surface area contributed by atoms with Crippen molar-refractivity contribution < 1.29 is 13.7 Å². The lowest BCUT2D eigenvalue weighted by Crippen LogP contribution is -2.12. The van der Waals surface area contributed by atoms with Crippen LogP contribution >= 0.6 is 0 Å². The van der Waals surface area contributed by atoms with E-state index in [1.54, 1.807) is 24.3 Å². The fraction of sp³-hybridized carbons (Fsp3) is 0.154. The zero-order chi connectivity index (χ0) is 23.7. The maximum absolute atomic E-state index is 13.4. The number of aromatic nitrogens is 4. The Hall–Kier alpha value is -4.33. The Morgan fingerprint density at radius 3 is 2.50 bits per heavy atom. The number of carbonyl (C=O) groups is 1. The summed E-state index contributed by atoms with van der Waals surface area (Å²) in [5.74, 6) is 1.47. The summed E-state index contributed by atoms with van der Waals surface area (Å²) in [7, 11) is 0. The summed E-state index contributed by atoms with van der Waals surface area (Å²) < 4.78 is 20.5. The molecule has 0 unspecified atom stereocenters. The van der Waals surface area contributed by atoms with E-state index in [2.05, 4.69) is 20.4 Å². The molecule has 2 aromatic heterocycles. The first-order chi connectivity index (χ1) is 16.5. The number of benzene rings is 3. The lowest BCUT2D eigenvalue weighted by molar-refractivity contribution is 0.102. The van der Waals surface area contributed by atoms with Crippen molar-refractivity contribution in [3.63, 3.8) is 0 Å². The highest BCUT2D eigenvalue weighted by Crippen LogP contribution is 2.23. The molecule has 0 radical (unpaired) electrons. The van der Waals surface area contributed by atoms with E-state index in [0.717, 1.165) is 34.5 Å². The number of carbonyl (C=O) groups excluding carboxylic acids is 1. The molecule has 0 aliphatic heterocycles. The van der Waals surface area contributed by atoms with Gasteiger partial charge in [0.15, 0.2) is 5.82 Å². The van der Waals surface area contributed by atoms with Crippen LogP contribution in [0.15, 0.2) is 71.3 Å². The largest absolute Gasteiger partial charge is 0.339 e. The summed E-state index contributed by atoms with van der Waals surface area (Å²) in [5.41, 5.74) is 4.49. The molecule has 0 bridgehead atoms. The number of hydrogen-bond donors (Lipinski definition) is 1. The third-order valence-corrected chi connectivity index (χ3v) is 5.56. The van der Waals surface area contributed by atoms with Crippen LogP contribution in [0.1, 0.15) is 40.4 Å². The lowest BCUT2D eigenvalue weighted by atomic mass is 10.1. The quantitative estimate of drug-likeness (QED) is 0.377. The van der Waals surface area contributed by atoms with E-state index in [-0.39, 0.29) is 11.7 Å². The molecule has 0 spiro atoms. The van der Waals surface area contributed by atoms with E-state index >= 15 is 0 Å². The molecule has 0 saturated carbocycles. The summed E-state index contributed by atoms with van der Waals surface area (Å²) >= 11 is 0. The zero-order valence-corrected chi connectivity index (χ0v) is 18.7. The van der Waals surface area contributed by atoms with Gasteiger partial charge in [-0.15, -0.1) is 0 Å². The van der Waals surface area contributed by atoms with Crippen molar-refractivity contribution in [2.75, 3.05) is 5.32 Å². The van der Waals surface area contributed by atoms with Crippen molar-refractivity contribution in [1.82, 2.24) is 19.7 Å². The van der Waals surface area contributed by atoms with Crippen molar-refractivity contribution in [1.29, 1.82) is 0 Å². The number of amides is 1. The van der Waals surface area contributed by atoms with Gasteiger partial charge >= 0.3 is 0 Å². The Labute approximate surface area is 195 Å². The third-order valence-electron chi connectivity index (χ3n) is 5.56. The number of rotatable bonds is 6. The Kier molecular flexibility index (Phi) is 5.63. The van der Waals surface area contributed by atoms with E-state index in [9.17, 15) is 9.18 Å². The molecule has 0 saturated heterocycles. The second-order valence-corrected chi connectivity index (χ2v) is 7.96. The summed E-state index contributed by atoms with van der Waals surface area (Å²) in [5, 5.41) is 6.84. The predicted molar refractivity (Wildman–Crippen MR) is 127 cm³/mol. The van der Waals surface area contributed by atoms with E-state index in [1.807, 2.05) is 48.7 Å². The molecular formula is C26H22FN5O2. The Morgan fingerprint density at radius 1 is 1.03 bits per heavy atom. The molecule has 170 valence electrons. The van der Waals surface area contributed by atoms with Crippen LogP contribution in [0.4, 0.5) is 10.1 Å². The third kappa shape index (κ3) is 4.30. The van der Waals surface area contributed by atoms with Crippen LogP contribution in [0.5, 0.6) is 0 Å². The van der Waals surface area contributed by atoms with E-state index in [1.165, 1.54) is 12.1 Å². The number of halogens is 1. The minimum Gasteiger partial charge on any atom is -0.339 e. The molecule has 8 heteroatoms. The number of fused-ring (bicyclic) bond motifs is 1. The highest BCUT2D eigenvalue weighted by molar-refractivity contribution is 6.06. The van der Waals surface area contributed by atoms with Gasteiger partial charge in [0.05, 0.1) is 17.5 Å². The first kappa shape index (κ1) is 21.5. The van der Waals surface area contributed by atoms with Gasteiger partial charge in [-0.2, -0.15) is 4.98 Å². The molecule has 5 rings (SSSR count). The molecule has 0 aliphatic carbocycles. The lowest BCUT2D eigenvalue weighted by Gasteiger charge is -2.09. The molecule has 1 N–H and O–H groups in total. The summed E-state index contributed by atoms with van der Waals surface area (Å²) in [6, 6.07) is 19.1. The molecule has 3 aromatic carbocycles. The van der Waals surface area contributed by atoms with Crippen LogP contribution in [-0.2, 0) is 12.8 Å². The number of aryl methyl sites for hydroxylation is 2. The van der Waals surface area contributed by atoms with Crippen molar-refractivity contribution >= 4 is 22.6 Å². The van der Waals surface area contributed by atoms with Crippen molar-refractivity contribution in [2.24, 2.45) is 0 Å². The molecular weight excluding hydrogens is 433 g/mol. The average molecular weight is 455 g/mol. The van der Waals surface area contributed by atoms with Gasteiger partial charge in [-0.25, -0.2) is 9.37 Å². The Balaban J connectivity index is 1.35. The van der Waals surface area contributed by atoms with Crippen LogP contribution in [0.25, 0.3) is 16.7 Å². The van der Waals surface area contributed by atoms with Gasteiger partial charge in [0.1, 0.15) is 11.6 Å². The maximum atomic E-state index is 13.4. The minimum absolute atomic E-state index is 0.233. The molecule has 0 aliphatic rings. The van der Waals surface area contributed by atoms with Crippen molar-refractivity contribution in [2.45, 2.75) is 26.7 Å². The summed E-state index contributed by atoms with van der Waals surface area (Å²) in [6.07, 6.45) is 1.26. The van der Waals surface area contributed by atoms with Crippen LogP contribution < -0.4 is 5.32 Å². The first-order valence-corrected chi connectivity index (χ1v) is 11.0. The second-order valence-electron chi connectivity index (χ2n) is 7.96. The number of hydrogen-bond acceptors (Lipinski definition) is 5. The molecule has 1 amide bonds. The molecule has 34 heavy (non-hydrogen) atoms. The van der Waals surface area contributed by atoms with Gasteiger partial charge in [-0.05, 0) is 67.1 Å². The highest BCUT2D eigenvalue weighted by atomic mass is 19.1. The van der Waals surface area contributed by atoms with Crippen LogP contribution in [0.2, 0.25) is 0 Å². The standard InChI is InChI=1S/C26H22FN5O2/c1-3-24-30-25(34-31-24)14-17-4-9-20(10-5-17)29-26(33)18-6-13-22-23(15-18)32(16(2)28-22)21-11-7-19(27)8-12-21/h4-13,15H,3,14H2,1-2H3,(H,29,33). The molecule has 2 heterocycles. The van der Waals surface area contributed by atoms with E-state index < -0.39 is 0 Å². The second kappa shape index (κ2) is 8.90. The van der Waals surface area contributed by atoms with Crippen LogP contribution in [0.3, 0.4) is 0 Å². The molecule has 0 fully saturated rings. The molecule has 0 atom stereocenters. The van der Waals surface area contributed by atoms with Crippen LogP contribution in [0, 0.1) is 12.7 Å². The monoisotopic (exact) mass is 455 g/mol. The van der Waals surface area contributed by atoms with Gasteiger partial charge in [0, 0.05) is 23.4 Å². The minimum atomic E-state index is -0.306. The number of anilines is 1. The number of nitrogens with one attached hydrogen (secondary N) is 1. The predicted octanol–water partition coefficient (Wildman–Crippen LogP) is 5.26. The molecule has 7 nitrogen and oxygen atoms in total. The smallest absolute Gasteiger partial charge is 0.255 e. The summed E-state index contributed by atoms with van der Waals surface area (Å²) in [4.78, 5) is 21.8. The Morgan fingerprint density at radius 2 is 1.79 bits per heavy atom. The van der Waals surface area contributed by atoms with Gasteiger partial charge in [-0.3, -0.25) is 9.36 Å². The fourth-order valence-electron chi connectivity index (χ4n) is 3.84. The average Bonchev–Trinajstić information content (AvgIpc) is 3.43. The number of imidazole rings is 1. The number of nitrogens with zero attached hydrogens (tertiary/aromatic N) is 4. The van der Waals surface area contributed by atoms with Gasteiger partial charge in [0.2, 0.25) is 5.89 Å². The topological polar surface area (TPSA) is 85.8 Å². The highest BCUT2D eigenvalue weighted by Gasteiger charge is 2.14. The summed E-state index contributed by atoms with van der Waals surface area (Å²) in [6.45, 7) is 3.85.